The molecule has 0 radical (unpaired) electrons. The largest absolute Gasteiger partial charge is 0.383 e. The first-order valence-corrected chi connectivity index (χ1v) is 7.41. The topological polar surface area (TPSA) is 74.2 Å². The third kappa shape index (κ3) is 4.20. The fourth-order valence-corrected chi connectivity index (χ4v) is 2.31. The van der Waals surface area contributed by atoms with Gasteiger partial charge in [-0.2, -0.15) is 5.26 Å². The summed E-state index contributed by atoms with van der Waals surface area (Å²) in [5.41, 5.74) is 2.05. The van der Waals surface area contributed by atoms with E-state index in [1.165, 1.54) is 0 Å². The highest BCUT2D eigenvalue weighted by molar-refractivity contribution is 5.96. The molecule has 1 heterocycles. The maximum absolute atomic E-state index is 12.3. The molecule has 2 N–H and O–H groups in total. The second-order valence-corrected chi connectivity index (χ2v) is 5.20. The molecule has 0 aromatic heterocycles. The van der Waals surface area contributed by atoms with Crippen LogP contribution < -0.4 is 10.6 Å². The van der Waals surface area contributed by atoms with E-state index in [1.54, 1.807) is 12.1 Å². The summed E-state index contributed by atoms with van der Waals surface area (Å²) in [5.74, 6) is -0.146. The molecule has 0 spiro atoms. The van der Waals surface area contributed by atoms with Gasteiger partial charge in [0.2, 0.25) is 5.91 Å². The zero-order valence-electron chi connectivity index (χ0n) is 12.3. The van der Waals surface area contributed by atoms with E-state index in [1.807, 2.05) is 6.07 Å². The third-order valence-electron chi connectivity index (χ3n) is 3.50. The molecule has 2 rings (SSSR count). The van der Waals surface area contributed by atoms with E-state index in [0.29, 0.717) is 17.9 Å². The van der Waals surface area contributed by atoms with Crippen molar-refractivity contribution in [2.75, 3.05) is 30.4 Å². The van der Waals surface area contributed by atoms with Gasteiger partial charge in [0.05, 0.1) is 35.5 Å². The Bertz CT molecular complexity index is 531. The Balaban J connectivity index is 2.12. The van der Waals surface area contributed by atoms with Crippen LogP contribution in [-0.4, -0.2) is 25.7 Å². The molecule has 1 fully saturated rings. The number of hydrogen-bond acceptors (Lipinski definition) is 4. The maximum Gasteiger partial charge on any atom is 0.229 e. The third-order valence-corrected chi connectivity index (χ3v) is 3.50. The number of nitrogens with one attached hydrogen (secondary N) is 2. The van der Waals surface area contributed by atoms with Crippen molar-refractivity contribution in [2.45, 2.75) is 26.2 Å². The average Bonchev–Trinajstić information content (AvgIpc) is 2.54. The molecule has 1 aromatic rings. The number of nitriles is 1. The number of hydrogen-bond donors (Lipinski definition) is 2. The first-order chi connectivity index (χ1) is 10.2. The van der Waals surface area contributed by atoms with Crippen molar-refractivity contribution < 1.29 is 9.53 Å². The number of rotatable bonds is 5. The van der Waals surface area contributed by atoms with Crippen LogP contribution >= 0.6 is 0 Å². The first kappa shape index (κ1) is 15.3. The van der Waals surface area contributed by atoms with E-state index in [9.17, 15) is 4.79 Å². The van der Waals surface area contributed by atoms with Crippen molar-refractivity contribution in [1.29, 1.82) is 5.26 Å². The molecule has 5 nitrogen and oxygen atoms in total. The SMILES string of the molecule is CCCNc1ccc(C#N)cc1NC(=O)[C@H]1CCCOC1. The summed E-state index contributed by atoms with van der Waals surface area (Å²) in [6.07, 6.45) is 2.75. The fourth-order valence-electron chi connectivity index (χ4n) is 2.31. The first-order valence-electron chi connectivity index (χ1n) is 7.41. The second kappa shape index (κ2) is 7.65. The fraction of sp³-hybridized carbons (Fsp3) is 0.500. The number of anilines is 2. The van der Waals surface area contributed by atoms with Crippen molar-refractivity contribution in [3.8, 4) is 6.07 Å². The quantitative estimate of drug-likeness (QED) is 0.873. The summed E-state index contributed by atoms with van der Waals surface area (Å²) in [4.78, 5) is 12.3. The smallest absolute Gasteiger partial charge is 0.229 e. The highest BCUT2D eigenvalue weighted by Crippen LogP contribution is 2.25. The number of carbonyl (C=O) groups is 1. The number of ether oxygens (including phenoxy) is 1. The number of carbonyl (C=O) groups excluding carboxylic acids is 1. The van der Waals surface area contributed by atoms with Gasteiger partial charge in [-0.1, -0.05) is 6.92 Å². The molecule has 1 amide bonds. The molecule has 0 saturated carbocycles. The van der Waals surface area contributed by atoms with Gasteiger partial charge in [-0.25, -0.2) is 0 Å². The number of nitrogens with zero attached hydrogens (tertiary/aromatic N) is 1. The zero-order valence-corrected chi connectivity index (χ0v) is 12.3. The van der Waals surface area contributed by atoms with Crippen LogP contribution in [0, 0.1) is 17.2 Å². The predicted octanol–water partition coefficient (Wildman–Crippen LogP) is 2.75. The van der Waals surface area contributed by atoms with Crippen LogP contribution in [0.4, 0.5) is 11.4 Å². The molecule has 1 atom stereocenters. The van der Waals surface area contributed by atoms with Crippen molar-refractivity contribution in [3.05, 3.63) is 23.8 Å². The average molecular weight is 287 g/mol. The van der Waals surface area contributed by atoms with Crippen molar-refractivity contribution in [2.24, 2.45) is 5.92 Å². The van der Waals surface area contributed by atoms with Crippen LogP contribution in [0.2, 0.25) is 0 Å². The minimum absolute atomic E-state index is 0.0376. The van der Waals surface area contributed by atoms with E-state index in [0.717, 1.165) is 38.1 Å². The van der Waals surface area contributed by atoms with Crippen molar-refractivity contribution in [1.82, 2.24) is 0 Å². The summed E-state index contributed by atoms with van der Waals surface area (Å²) in [6.45, 7) is 4.11. The molecule has 112 valence electrons. The van der Waals surface area contributed by atoms with Gasteiger partial charge in [-0.3, -0.25) is 4.79 Å². The standard InChI is InChI=1S/C16H21N3O2/c1-2-7-18-14-6-5-12(10-17)9-15(14)19-16(20)13-4-3-8-21-11-13/h5-6,9,13,18H,2-4,7-8,11H2,1H3,(H,19,20)/t13-/m0/s1. The van der Waals surface area contributed by atoms with E-state index in [4.69, 9.17) is 10.00 Å². The monoisotopic (exact) mass is 287 g/mol. The minimum Gasteiger partial charge on any atom is -0.383 e. The summed E-state index contributed by atoms with van der Waals surface area (Å²) in [7, 11) is 0. The Kier molecular flexibility index (Phi) is 5.59. The van der Waals surface area contributed by atoms with Crippen LogP contribution in [0.25, 0.3) is 0 Å². The van der Waals surface area contributed by atoms with Gasteiger partial charge >= 0.3 is 0 Å². The Hall–Kier alpha value is -2.06. The molecule has 1 aliphatic heterocycles. The second-order valence-electron chi connectivity index (χ2n) is 5.20. The van der Waals surface area contributed by atoms with E-state index in [-0.39, 0.29) is 11.8 Å². The Morgan fingerprint density at radius 3 is 3.00 bits per heavy atom. The normalized spacial score (nSPS) is 17.8. The lowest BCUT2D eigenvalue weighted by Gasteiger charge is -2.22. The van der Waals surface area contributed by atoms with Gasteiger partial charge in [-0.05, 0) is 37.5 Å². The highest BCUT2D eigenvalue weighted by Gasteiger charge is 2.22. The number of benzene rings is 1. The lowest BCUT2D eigenvalue weighted by molar-refractivity contribution is -0.123. The molecule has 1 aromatic carbocycles. The van der Waals surface area contributed by atoms with Gasteiger partial charge < -0.3 is 15.4 Å². The maximum atomic E-state index is 12.3. The summed E-state index contributed by atoms with van der Waals surface area (Å²) < 4.78 is 5.35. The number of amides is 1. The van der Waals surface area contributed by atoms with Gasteiger partial charge in [0.1, 0.15) is 0 Å². The molecular weight excluding hydrogens is 266 g/mol. The highest BCUT2D eigenvalue weighted by atomic mass is 16.5. The van der Waals surface area contributed by atoms with Crippen LogP contribution in [0.5, 0.6) is 0 Å². The van der Waals surface area contributed by atoms with Crippen molar-refractivity contribution >= 4 is 17.3 Å². The van der Waals surface area contributed by atoms with Gasteiger partial charge in [0.25, 0.3) is 0 Å². The van der Waals surface area contributed by atoms with E-state index >= 15 is 0 Å². The van der Waals surface area contributed by atoms with Crippen LogP contribution in [0.15, 0.2) is 18.2 Å². The van der Waals surface area contributed by atoms with E-state index in [2.05, 4.69) is 23.6 Å². The summed E-state index contributed by atoms with van der Waals surface area (Å²) in [6, 6.07) is 7.39. The molecule has 0 unspecified atom stereocenters. The predicted molar refractivity (Wildman–Crippen MR) is 82.1 cm³/mol. The van der Waals surface area contributed by atoms with Crippen LogP contribution in [0.1, 0.15) is 31.7 Å². The lowest BCUT2D eigenvalue weighted by Crippen LogP contribution is -2.30. The van der Waals surface area contributed by atoms with Crippen molar-refractivity contribution in [3.63, 3.8) is 0 Å². The summed E-state index contributed by atoms with van der Waals surface area (Å²) in [5, 5.41) is 15.2. The van der Waals surface area contributed by atoms with Gasteiger partial charge in [-0.15, -0.1) is 0 Å². The zero-order chi connectivity index (χ0) is 15.1. The molecule has 1 saturated heterocycles. The van der Waals surface area contributed by atoms with Crippen LogP contribution in [-0.2, 0) is 9.53 Å². The molecular formula is C16H21N3O2. The Morgan fingerprint density at radius 2 is 2.33 bits per heavy atom. The lowest BCUT2D eigenvalue weighted by atomic mass is 10.0. The molecule has 0 aliphatic carbocycles. The Morgan fingerprint density at radius 1 is 1.48 bits per heavy atom. The molecule has 21 heavy (non-hydrogen) atoms. The van der Waals surface area contributed by atoms with Gasteiger partial charge in [0, 0.05) is 13.2 Å². The molecule has 1 aliphatic rings. The molecule has 0 bridgehead atoms. The molecule has 5 heteroatoms. The van der Waals surface area contributed by atoms with E-state index < -0.39 is 0 Å². The van der Waals surface area contributed by atoms with Crippen LogP contribution in [0.3, 0.4) is 0 Å². The summed E-state index contributed by atoms with van der Waals surface area (Å²) >= 11 is 0. The minimum atomic E-state index is -0.108. The Labute approximate surface area is 125 Å². The van der Waals surface area contributed by atoms with Gasteiger partial charge in [0.15, 0.2) is 0 Å².